The van der Waals surface area contributed by atoms with E-state index in [0.29, 0.717) is 6.42 Å². The molecule has 6 heteroatoms. The number of aromatic nitrogens is 3. The molecule has 0 spiro atoms. The number of esters is 1. The van der Waals surface area contributed by atoms with Gasteiger partial charge >= 0.3 is 5.97 Å². The van der Waals surface area contributed by atoms with Gasteiger partial charge in [-0.2, -0.15) is 4.80 Å². The lowest BCUT2D eigenvalue weighted by molar-refractivity contribution is -0.144. The highest BCUT2D eigenvalue weighted by molar-refractivity contribution is 5.87. The van der Waals surface area contributed by atoms with Gasteiger partial charge in [0.15, 0.2) is 0 Å². The Bertz CT molecular complexity index is 880. The van der Waals surface area contributed by atoms with Gasteiger partial charge in [-0.1, -0.05) is 31.2 Å². The van der Waals surface area contributed by atoms with Crippen LogP contribution < -0.4 is 0 Å². The molecule has 0 amide bonds. The molecule has 0 bridgehead atoms. The number of rotatable bonds is 5. The topological polar surface area (TPSA) is 77.2 Å². The summed E-state index contributed by atoms with van der Waals surface area (Å²) in [7, 11) is 0. The molecule has 0 saturated carbocycles. The monoisotopic (exact) mass is 337 g/mol. The fourth-order valence-electron chi connectivity index (χ4n) is 2.46. The van der Waals surface area contributed by atoms with E-state index in [-0.39, 0.29) is 11.7 Å². The van der Waals surface area contributed by atoms with Gasteiger partial charge in [-0.15, -0.1) is 10.2 Å². The summed E-state index contributed by atoms with van der Waals surface area (Å²) in [6, 6.07) is 15.2. The summed E-state index contributed by atoms with van der Waals surface area (Å²) in [6.07, 6.45) is 1.01. The lowest BCUT2D eigenvalue weighted by Gasteiger charge is -2.17. The quantitative estimate of drug-likeness (QED) is 0.434. The minimum absolute atomic E-state index is 0.169. The van der Waals surface area contributed by atoms with Crippen LogP contribution in [-0.2, 0) is 9.53 Å². The van der Waals surface area contributed by atoms with Gasteiger partial charge in [0, 0.05) is 0 Å². The number of carbonyl (C=O) groups excluding carboxylic acids is 1. The molecular formula is C19H19N3O3. The number of aliphatic hydroxyl groups excluding tert-OH is 1. The van der Waals surface area contributed by atoms with Gasteiger partial charge in [0.25, 0.3) is 0 Å². The zero-order valence-electron chi connectivity index (χ0n) is 14.1. The molecular weight excluding hydrogens is 318 g/mol. The summed E-state index contributed by atoms with van der Waals surface area (Å²) in [5.41, 5.74) is 3.54. The van der Waals surface area contributed by atoms with E-state index in [1.54, 1.807) is 4.80 Å². The molecule has 0 saturated heterocycles. The van der Waals surface area contributed by atoms with Crippen molar-refractivity contribution in [3.8, 4) is 5.69 Å². The first-order valence-electron chi connectivity index (χ1n) is 8.06. The van der Waals surface area contributed by atoms with Gasteiger partial charge in [-0.3, -0.25) is 0 Å². The molecule has 0 aliphatic carbocycles. The molecule has 25 heavy (non-hydrogen) atoms. The number of hydrogen-bond donors (Lipinski definition) is 1. The number of benzene rings is 2. The van der Waals surface area contributed by atoms with Crippen molar-refractivity contribution in [3.05, 3.63) is 65.9 Å². The molecule has 3 aromatic rings. The highest BCUT2D eigenvalue weighted by Crippen LogP contribution is 2.23. The number of aliphatic hydroxyl groups is 1. The van der Waals surface area contributed by atoms with Crippen LogP contribution >= 0.6 is 0 Å². The van der Waals surface area contributed by atoms with E-state index >= 15 is 0 Å². The molecule has 6 nitrogen and oxygen atoms in total. The maximum absolute atomic E-state index is 11.8. The summed E-state index contributed by atoms with van der Waals surface area (Å²) in [5.74, 6) is -0.529. The van der Waals surface area contributed by atoms with Crippen LogP contribution in [0.2, 0.25) is 0 Å². The second-order valence-electron chi connectivity index (χ2n) is 5.68. The molecule has 0 radical (unpaired) electrons. The van der Waals surface area contributed by atoms with Crippen molar-refractivity contribution < 1.29 is 14.6 Å². The van der Waals surface area contributed by atoms with Crippen LogP contribution in [0.1, 0.15) is 31.9 Å². The fraction of sp³-hybridized carbons (Fsp3) is 0.211. The molecule has 3 rings (SSSR count). The minimum atomic E-state index is -0.529. The highest BCUT2D eigenvalue weighted by Gasteiger charge is 2.16. The van der Waals surface area contributed by atoms with Crippen LogP contribution in [0.4, 0.5) is 0 Å². The van der Waals surface area contributed by atoms with E-state index < -0.39 is 5.97 Å². The molecule has 1 atom stereocenters. The van der Waals surface area contributed by atoms with Gasteiger partial charge in [0.2, 0.25) is 0 Å². The first-order valence-corrected chi connectivity index (χ1v) is 8.06. The van der Waals surface area contributed by atoms with E-state index in [1.807, 2.05) is 55.5 Å². The average molecular weight is 337 g/mol. The van der Waals surface area contributed by atoms with Crippen LogP contribution in [0.5, 0.6) is 0 Å². The maximum atomic E-state index is 11.8. The Morgan fingerprint density at radius 1 is 1.16 bits per heavy atom. The number of ether oxygens (including phenoxy) is 1. The predicted molar refractivity (Wildman–Crippen MR) is 94.4 cm³/mol. The van der Waals surface area contributed by atoms with Crippen molar-refractivity contribution in [2.45, 2.75) is 26.4 Å². The van der Waals surface area contributed by atoms with E-state index in [2.05, 4.69) is 10.2 Å². The van der Waals surface area contributed by atoms with E-state index in [9.17, 15) is 4.79 Å². The van der Waals surface area contributed by atoms with Gasteiger partial charge in [0.05, 0.1) is 17.5 Å². The summed E-state index contributed by atoms with van der Waals surface area (Å²) >= 11 is 0. The van der Waals surface area contributed by atoms with Gasteiger partial charge in [0.1, 0.15) is 17.1 Å². The van der Waals surface area contributed by atoms with Crippen LogP contribution in [0, 0.1) is 0 Å². The lowest BCUT2D eigenvalue weighted by Crippen LogP contribution is -2.12. The first kappa shape index (κ1) is 16.7. The molecule has 0 fully saturated rings. The lowest BCUT2D eigenvalue weighted by atomic mass is 10.1. The summed E-state index contributed by atoms with van der Waals surface area (Å²) in [5, 5.41) is 17.8. The zero-order chi connectivity index (χ0) is 17.8. The highest BCUT2D eigenvalue weighted by atomic mass is 16.5. The smallest absolute Gasteiger partial charge is 0.337 e. The van der Waals surface area contributed by atoms with Crippen molar-refractivity contribution in [1.82, 2.24) is 15.0 Å². The largest absolute Gasteiger partial charge is 0.515 e. The van der Waals surface area contributed by atoms with Gasteiger partial charge < -0.3 is 9.84 Å². The van der Waals surface area contributed by atoms with Crippen LogP contribution in [0.15, 0.2) is 60.4 Å². The standard InChI is InChI=1S/C19H19N3O3/c1-3-18(25-19(24)13(2)12-23)14-8-10-15(11-9-14)22-20-16-6-4-5-7-17(16)21-22/h4-12,18,23H,3H2,1-2H3/b13-12+. The first-order chi connectivity index (χ1) is 12.1. The Balaban J connectivity index is 1.82. The third kappa shape index (κ3) is 3.52. The Morgan fingerprint density at radius 3 is 2.28 bits per heavy atom. The summed E-state index contributed by atoms with van der Waals surface area (Å²) in [4.78, 5) is 13.4. The number of hydrogen-bond acceptors (Lipinski definition) is 5. The zero-order valence-corrected chi connectivity index (χ0v) is 14.1. The third-order valence-corrected chi connectivity index (χ3v) is 3.92. The molecule has 1 N–H and O–H groups in total. The molecule has 2 aromatic carbocycles. The minimum Gasteiger partial charge on any atom is -0.515 e. The predicted octanol–water partition coefficient (Wildman–Crippen LogP) is 3.88. The Labute approximate surface area is 145 Å². The van der Waals surface area contributed by atoms with Crippen LogP contribution in [-0.4, -0.2) is 26.1 Å². The van der Waals surface area contributed by atoms with Crippen molar-refractivity contribution >= 4 is 17.0 Å². The molecule has 1 unspecified atom stereocenters. The average Bonchev–Trinajstić information content (AvgIpc) is 3.09. The molecule has 1 aromatic heterocycles. The SMILES string of the molecule is CCC(OC(=O)/C(C)=C/O)c1ccc(-n2nc3ccccc3n2)cc1. The van der Waals surface area contributed by atoms with Crippen LogP contribution in [0.25, 0.3) is 16.7 Å². The Hall–Kier alpha value is -3.15. The Kier molecular flexibility index (Phi) is 4.79. The summed E-state index contributed by atoms with van der Waals surface area (Å²) in [6.45, 7) is 3.44. The molecule has 1 heterocycles. The number of fused-ring (bicyclic) bond motifs is 1. The van der Waals surface area contributed by atoms with Gasteiger partial charge in [-0.05, 0) is 43.2 Å². The van der Waals surface area contributed by atoms with Crippen molar-refractivity contribution in [1.29, 1.82) is 0 Å². The van der Waals surface area contributed by atoms with Crippen molar-refractivity contribution in [2.75, 3.05) is 0 Å². The van der Waals surface area contributed by atoms with E-state index in [1.165, 1.54) is 6.92 Å². The Morgan fingerprint density at radius 2 is 1.76 bits per heavy atom. The second-order valence-corrected chi connectivity index (χ2v) is 5.68. The summed E-state index contributed by atoms with van der Waals surface area (Å²) < 4.78 is 5.43. The maximum Gasteiger partial charge on any atom is 0.337 e. The molecule has 128 valence electrons. The fourth-order valence-corrected chi connectivity index (χ4v) is 2.46. The van der Waals surface area contributed by atoms with E-state index in [4.69, 9.17) is 9.84 Å². The number of carbonyl (C=O) groups is 1. The van der Waals surface area contributed by atoms with Crippen molar-refractivity contribution in [2.24, 2.45) is 0 Å². The van der Waals surface area contributed by atoms with E-state index in [0.717, 1.165) is 28.5 Å². The van der Waals surface area contributed by atoms with Gasteiger partial charge in [-0.25, -0.2) is 4.79 Å². The molecule has 0 aliphatic rings. The third-order valence-electron chi connectivity index (χ3n) is 3.92. The van der Waals surface area contributed by atoms with Crippen LogP contribution in [0.3, 0.4) is 0 Å². The second kappa shape index (κ2) is 7.17. The molecule has 0 aliphatic heterocycles. The normalized spacial score (nSPS) is 13.0. The number of nitrogens with zero attached hydrogens (tertiary/aromatic N) is 3. The van der Waals surface area contributed by atoms with Crippen molar-refractivity contribution in [3.63, 3.8) is 0 Å².